The zero-order chi connectivity index (χ0) is 18.8. The van der Waals surface area contributed by atoms with E-state index >= 15 is 0 Å². The number of carbonyl (C=O) groups is 2. The molecule has 0 spiro atoms. The van der Waals surface area contributed by atoms with Crippen LogP contribution in [0.2, 0.25) is 0 Å². The molecule has 25 heavy (non-hydrogen) atoms. The van der Waals surface area contributed by atoms with Gasteiger partial charge in [0.1, 0.15) is 0 Å². The smallest absolute Gasteiger partial charge is 0.332 e. The van der Waals surface area contributed by atoms with Crippen molar-refractivity contribution in [2.45, 2.75) is 32.0 Å². The number of benzene rings is 2. The van der Waals surface area contributed by atoms with Gasteiger partial charge in [0.05, 0.1) is 0 Å². The Hall–Kier alpha value is -2.70. The molecule has 134 valence electrons. The van der Waals surface area contributed by atoms with E-state index in [0.29, 0.717) is 0 Å². The monoisotopic (exact) mass is 346 g/mol. The molecule has 0 saturated heterocycles. The fourth-order valence-corrected chi connectivity index (χ4v) is 1.96. The minimum absolute atomic E-state index is 0.162. The molecule has 6 heteroatoms. The summed E-state index contributed by atoms with van der Waals surface area (Å²) >= 11 is 0. The lowest BCUT2D eigenvalue weighted by Crippen LogP contribution is -2.21. The van der Waals surface area contributed by atoms with Crippen molar-refractivity contribution in [1.29, 1.82) is 0 Å². The van der Waals surface area contributed by atoms with E-state index in [9.17, 15) is 9.59 Å². The molecule has 0 aliphatic carbocycles. The summed E-state index contributed by atoms with van der Waals surface area (Å²) in [4.78, 5) is 20.6. The number of aliphatic hydroxyl groups is 2. The van der Waals surface area contributed by atoms with Gasteiger partial charge in [0, 0.05) is 12.8 Å². The van der Waals surface area contributed by atoms with Crippen LogP contribution in [0.25, 0.3) is 0 Å². The topological polar surface area (TPSA) is 115 Å². The van der Waals surface area contributed by atoms with Crippen LogP contribution in [0.5, 0.6) is 0 Å². The second kappa shape index (κ2) is 10.2. The Balaban J connectivity index is 0.000000251. The van der Waals surface area contributed by atoms with Crippen molar-refractivity contribution in [2.24, 2.45) is 0 Å². The van der Waals surface area contributed by atoms with Gasteiger partial charge in [-0.3, -0.25) is 0 Å². The molecule has 2 rings (SSSR count). The van der Waals surface area contributed by atoms with E-state index in [1.807, 2.05) is 49.4 Å². The highest BCUT2D eigenvalue weighted by Gasteiger charge is 2.13. The molecule has 0 aliphatic rings. The van der Waals surface area contributed by atoms with E-state index in [1.54, 1.807) is 12.1 Å². The third-order valence-electron chi connectivity index (χ3n) is 3.39. The normalized spacial score (nSPS) is 12.4. The maximum atomic E-state index is 10.3. The Kier molecular flexibility index (Phi) is 8.32. The molecule has 0 amide bonds. The summed E-state index contributed by atoms with van der Waals surface area (Å²) in [6.45, 7) is 1.96. The quantitative estimate of drug-likeness (QED) is 0.632. The summed E-state index contributed by atoms with van der Waals surface area (Å²) in [7, 11) is 0. The molecule has 0 heterocycles. The highest BCUT2D eigenvalue weighted by Crippen LogP contribution is 2.06. The van der Waals surface area contributed by atoms with Crippen LogP contribution >= 0.6 is 0 Å². The SMILES string of the molecule is Cc1ccc(CC(O)C(=O)O)cc1.O=C(O)C(O)Cc1ccccc1. The molecule has 0 bridgehead atoms. The Bertz CT molecular complexity index is 666. The van der Waals surface area contributed by atoms with Crippen molar-refractivity contribution >= 4 is 11.9 Å². The van der Waals surface area contributed by atoms with Crippen molar-refractivity contribution in [3.8, 4) is 0 Å². The maximum absolute atomic E-state index is 10.3. The van der Waals surface area contributed by atoms with Crippen molar-refractivity contribution < 1.29 is 30.0 Å². The van der Waals surface area contributed by atoms with E-state index in [4.69, 9.17) is 20.4 Å². The summed E-state index contributed by atoms with van der Waals surface area (Å²) in [5, 5.41) is 34.9. The summed E-state index contributed by atoms with van der Waals surface area (Å²) in [6, 6.07) is 16.5. The van der Waals surface area contributed by atoms with E-state index in [2.05, 4.69) is 0 Å². The van der Waals surface area contributed by atoms with Gasteiger partial charge in [-0.05, 0) is 18.1 Å². The number of aliphatic hydroxyl groups excluding tert-OH is 2. The number of carboxylic acid groups (broad SMARTS) is 2. The highest BCUT2D eigenvalue weighted by molar-refractivity contribution is 5.72. The largest absolute Gasteiger partial charge is 0.479 e. The first-order chi connectivity index (χ1) is 11.8. The molecule has 2 unspecified atom stereocenters. The maximum Gasteiger partial charge on any atom is 0.332 e. The molecule has 6 nitrogen and oxygen atoms in total. The van der Waals surface area contributed by atoms with E-state index in [0.717, 1.165) is 16.7 Å². The van der Waals surface area contributed by atoms with Crippen molar-refractivity contribution in [3.63, 3.8) is 0 Å². The Labute approximate surface area is 146 Å². The van der Waals surface area contributed by atoms with Crippen LogP contribution in [0.3, 0.4) is 0 Å². The van der Waals surface area contributed by atoms with Gasteiger partial charge in [0.25, 0.3) is 0 Å². The lowest BCUT2D eigenvalue weighted by Gasteiger charge is -2.05. The fourth-order valence-electron chi connectivity index (χ4n) is 1.96. The molecule has 2 atom stereocenters. The second-order valence-electron chi connectivity index (χ2n) is 5.59. The van der Waals surface area contributed by atoms with Gasteiger partial charge in [0.2, 0.25) is 0 Å². The molecule has 0 aromatic heterocycles. The van der Waals surface area contributed by atoms with Crippen molar-refractivity contribution in [1.82, 2.24) is 0 Å². The lowest BCUT2D eigenvalue weighted by molar-refractivity contribution is -0.147. The minimum Gasteiger partial charge on any atom is -0.479 e. The third-order valence-corrected chi connectivity index (χ3v) is 3.39. The molecule has 4 N–H and O–H groups in total. The van der Waals surface area contributed by atoms with Gasteiger partial charge in [-0.1, -0.05) is 60.2 Å². The first-order valence-electron chi connectivity index (χ1n) is 7.70. The Morgan fingerprint density at radius 1 is 0.760 bits per heavy atom. The van der Waals surface area contributed by atoms with Crippen LogP contribution < -0.4 is 0 Å². The van der Waals surface area contributed by atoms with Crippen LogP contribution in [0.15, 0.2) is 54.6 Å². The standard InChI is InChI=1S/C10H12O3.C9H10O3/c1-7-2-4-8(5-3-7)6-9(11)10(12)13;10-8(9(11)12)6-7-4-2-1-3-5-7/h2-5,9,11H,6H2,1H3,(H,12,13);1-5,8,10H,6H2,(H,11,12). The predicted octanol–water partition coefficient (Wildman–Crippen LogP) is 1.66. The van der Waals surface area contributed by atoms with E-state index in [-0.39, 0.29) is 12.8 Å². The number of hydrogen-bond acceptors (Lipinski definition) is 4. The molecule has 0 fully saturated rings. The van der Waals surface area contributed by atoms with Crippen molar-refractivity contribution in [2.75, 3.05) is 0 Å². The lowest BCUT2D eigenvalue weighted by atomic mass is 10.1. The number of carboxylic acids is 2. The van der Waals surface area contributed by atoms with E-state index in [1.165, 1.54) is 0 Å². The minimum atomic E-state index is -1.30. The van der Waals surface area contributed by atoms with Gasteiger partial charge < -0.3 is 20.4 Å². The summed E-state index contributed by atoms with van der Waals surface area (Å²) < 4.78 is 0. The second-order valence-corrected chi connectivity index (χ2v) is 5.59. The average Bonchev–Trinajstić information content (AvgIpc) is 2.58. The summed E-state index contributed by atoms with van der Waals surface area (Å²) in [6.07, 6.45) is -2.28. The molecular weight excluding hydrogens is 324 g/mol. The van der Waals surface area contributed by atoms with Gasteiger partial charge in [0.15, 0.2) is 12.2 Å². The van der Waals surface area contributed by atoms with Crippen LogP contribution in [0.4, 0.5) is 0 Å². The van der Waals surface area contributed by atoms with Gasteiger partial charge >= 0.3 is 11.9 Å². The Morgan fingerprint density at radius 2 is 1.16 bits per heavy atom. The number of rotatable bonds is 6. The van der Waals surface area contributed by atoms with Gasteiger partial charge in [-0.25, -0.2) is 9.59 Å². The number of aryl methyl sites for hydroxylation is 1. The third kappa shape index (κ3) is 8.10. The Morgan fingerprint density at radius 3 is 1.56 bits per heavy atom. The molecular formula is C19H22O6. The average molecular weight is 346 g/mol. The van der Waals surface area contributed by atoms with Crippen molar-refractivity contribution in [3.05, 3.63) is 71.3 Å². The molecule has 0 radical (unpaired) electrons. The number of hydrogen-bond donors (Lipinski definition) is 4. The van der Waals surface area contributed by atoms with Crippen LogP contribution in [-0.4, -0.2) is 44.6 Å². The van der Waals surface area contributed by atoms with Crippen LogP contribution in [0, 0.1) is 6.92 Å². The van der Waals surface area contributed by atoms with Crippen LogP contribution in [0.1, 0.15) is 16.7 Å². The predicted molar refractivity (Wildman–Crippen MR) is 92.3 cm³/mol. The molecule has 0 saturated carbocycles. The van der Waals surface area contributed by atoms with Gasteiger partial charge in [-0.15, -0.1) is 0 Å². The fraction of sp³-hybridized carbons (Fsp3) is 0.263. The highest BCUT2D eigenvalue weighted by atomic mass is 16.4. The van der Waals surface area contributed by atoms with Crippen LogP contribution in [-0.2, 0) is 22.4 Å². The molecule has 0 aliphatic heterocycles. The van der Waals surface area contributed by atoms with E-state index < -0.39 is 24.1 Å². The first-order valence-corrected chi connectivity index (χ1v) is 7.70. The molecule has 2 aromatic carbocycles. The summed E-state index contributed by atoms with van der Waals surface area (Å²) in [5.41, 5.74) is 2.78. The van der Waals surface area contributed by atoms with Gasteiger partial charge in [-0.2, -0.15) is 0 Å². The zero-order valence-electron chi connectivity index (χ0n) is 13.9. The first kappa shape index (κ1) is 20.3. The number of aliphatic carboxylic acids is 2. The zero-order valence-corrected chi connectivity index (χ0v) is 13.9. The summed E-state index contributed by atoms with van der Waals surface area (Å²) in [5.74, 6) is -2.36. The molecule has 2 aromatic rings.